The molecule has 6 nitrogen and oxygen atoms in total. The van der Waals surface area contributed by atoms with Gasteiger partial charge in [0.25, 0.3) is 6.33 Å². The van der Waals surface area contributed by atoms with E-state index in [-0.39, 0.29) is 5.41 Å². The Kier molecular flexibility index (Phi) is 5.28. The molecule has 0 amide bonds. The minimum Gasteiger partial charge on any atom is -0.458 e. The van der Waals surface area contributed by atoms with Crippen LogP contribution < -0.4 is 9.30 Å². The molecule has 0 atom stereocenters. The summed E-state index contributed by atoms with van der Waals surface area (Å²) in [6.45, 7) is 6.61. The van der Waals surface area contributed by atoms with E-state index in [9.17, 15) is 0 Å². The molecule has 0 aliphatic rings. The third kappa shape index (κ3) is 3.87. The molecule has 0 aliphatic carbocycles. The Morgan fingerprint density at radius 3 is 2.36 bits per heavy atom. The van der Waals surface area contributed by atoms with Crippen molar-refractivity contribution in [2.75, 3.05) is 0 Å². The van der Waals surface area contributed by atoms with Crippen molar-refractivity contribution in [1.29, 1.82) is 0 Å². The maximum Gasteiger partial charge on any atom is 0.307 e. The lowest BCUT2D eigenvalue weighted by Crippen LogP contribution is -2.29. The summed E-state index contributed by atoms with van der Waals surface area (Å²) in [5, 5.41) is 0. The fraction of sp³-hybridized carbons (Fsp3) is 0.111. The zero-order valence-corrected chi connectivity index (χ0v) is 23.6. The molecule has 8 rings (SSSR count). The van der Waals surface area contributed by atoms with Crippen LogP contribution in [0, 0.1) is 6.33 Å². The first-order chi connectivity index (χ1) is 20.4. The van der Waals surface area contributed by atoms with Crippen molar-refractivity contribution in [3.8, 4) is 22.9 Å². The number of rotatable bonds is 4. The summed E-state index contributed by atoms with van der Waals surface area (Å²) in [4.78, 5) is 4.87. The Hall–Kier alpha value is -5.36. The summed E-state index contributed by atoms with van der Waals surface area (Å²) in [7, 11) is 0. The van der Waals surface area contributed by atoms with Crippen LogP contribution in [0.25, 0.3) is 50.4 Å². The number of aromatic nitrogens is 4. The molecule has 3 aromatic heterocycles. The second-order valence-corrected chi connectivity index (χ2v) is 11.6. The summed E-state index contributed by atoms with van der Waals surface area (Å²) < 4.78 is 18.8. The van der Waals surface area contributed by atoms with Gasteiger partial charge in [0.05, 0.1) is 39.0 Å². The maximum absolute atomic E-state index is 6.43. The largest absolute Gasteiger partial charge is 0.458 e. The molecule has 0 bridgehead atoms. The first-order valence-electron chi connectivity index (χ1n) is 14.1. The van der Waals surface area contributed by atoms with Crippen molar-refractivity contribution >= 4 is 39.0 Å². The van der Waals surface area contributed by atoms with Crippen LogP contribution in [-0.4, -0.2) is 14.0 Å². The van der Waals surface area contributed by atoms with Crippen molar-refractivity contribution in [2.45, 2.75) is 26.2 Å². The first kappa shape index (κ1) is 24.4. The third-order valence-corrected chi connectivity index (χ3v) is 7.72. The molecule has 42 heavy (non-hydrogen) atoms. The second kappa shape index (κ2) is 9.08. The van der Waals surface area contributed by atoms with Crippen molar-refractivity contribution < 1.29 is 13.7 Å². The standard InChI is InChI=1S/C36H28N4O2/c1-36(2,3)28-15-10-18-31-34(28)37-35-40(31)32-22-27(19-20-33(32)42-35)41-26-14-9-13-25(21-26)39-23-38(24-11-5-4-6-12-24)29-16-7-8-17-30(29)39/h4-22H,1-3H3. The molecule has 204 valence electrons. The van der Waals surface area contributed by atoms with Crippen LogP contribution in [0.2, 0.25) is 0 Å². The Balaban J connectivity index is 1.20. The number of ether oxygens (including phenoxy) is 1. The molecular formula is C36H28N4O2. The van der Waals surface area contributed by atoms with Crippen LogP contribution in [0.1, 0.15) is 26.3 Å². The molecule has 0 saturated heterocycles. The minimum atomic E-state index is -0.0309. The number of fused-ring (bicyclic) bond motifs is 6. The zero-order chi connectivity index (χ0) is 28.4. The van der Waals surface area contributed by atoms with Gasteiger partial charge in [-0.2, -0.15) is 4.98 Å². The minimum absolute atomic E-state index is 0.0309. The van der Waals surface area contributed by atoms with Gasteiger partial charge in [-0.15, -0.1) is 0 Å². The van der Waals surface area contributed by atoms with E-state index in [1.807, 2.05) is 60.7 Å². The van der Waals surface area contributed by atoms with Crippen molar-refractivity contribution in [3.63, 3.8) is 0 Å². The molecule has 8 aromatic rings. The Bertz CT molecular complexity index is 2270. The Labute approximate surface area is 242 Å². The summed E-state index contributed by atoms with van der Waals surface area (Å²) in [6.07, 6.45) is 3.54. The predicted molar refractivity (Wildman–Crippen MR) is 165 cm³/mol. The average molecular weight is 549 g/mol. The van der Waals surface area contributed by atoms with Gasteiger partial charge < -0.3 is 9.15 Å². The summed E-state index contributed by atoms with van der Waals surface area (Å²) in [6, 6.07) is 38.9. The zero-order valence-electron chi connectivity index (χ0n) is 23.6. The third-order valence-electron chi connectivity index (χ3n) is 7.72. The molecule has 0 aliphatic heterocycles. The highest BCUT2D eigenvalue weighted by Crippen LogP contribution is 2.35. The number of hydrogen-bond donors (Lipinski definition) is 0. The number of hydrogen-bond acceptors (Lipinski definition) is 3. The van der Waals surface area contributed by atoms with Gasteiger partial charge in [0.1, 0.15) is 11.5 Å². The molecule has 0 radical (unpaired) electrons. The van der Waals surface area contributed by atoms with Crippen molar-refractivity contribution in [1.82, 2.24) is 14.0 Å². The molecule has 0 spiro atoms. The van der Waals surface area contributed by atoms with Crippen LogP contribution in [-0.2, 0) is 5.41 Å². The molecule has 5 aromatic carbocycles. The van der Waals surface area contributed by atoms with Crippen LogP contribution >= 0.6 is 0 Å². The first-order valence-corrected chi connectivity index (χ1v) is 14.1. The van der Waals surface area contributed by atoms with Gasteiger partial charge in [-0.3, -0.25) is 13.5 Å². The number of imidazole rings is 2. The van der Waals surface area contributed by atoms with E-state index in [1.165, 1.54) is 5.56 Å². The van der Waals surface area contributed by atoms with Gasteiger partial charge in [-0.05, 0) is 59.5 Å². The van der Waals surface area contributed by atoms with Gasteiger partial charge in [-0.1, -0.05) is 81.4 Å². The van der Waals surface area contributed by atoms with Gasteiger partial charge >= 0.3 is 5.84 Å². The number of benzene rings is 5. The van der Waals surface area contributed by atoms with Crippen LogP contribution in [0.3, 0.4) is 0 Å². The van der Waals surface area contributed by atoms with Crippen LogP contribution in [0.4, 0.5) is 0 Å². The number of para-hydroxylation sites is 4. The smallest absolute Gasteiger partial charge is 0.307 e. The second-order valence-electron chi connectivity index (χ2n) is 11.6. The lowest BCUT2D eigenvalue weighted by molar-refractivity contribution is -0.572. The molecule has 0 fully saturated rings. The fourth-order valence-corrected chi connectivity index (χ4v) is 5.75. The highest BCUT2D eigenvalue weighted by atomic mass is 16.5. The van der Waals surface area contributed by atoms with E-state index in [0.717, 1.165) is 56.0 Å². The fourth-order valence-electron chi connectivity index (χ4n) is 5.75. The monoisotopic (exact) mass is 548 g/mol. The average Bonchev–Trinajstić information content (AvgIpc) is 3.67. The summed E-state index contributed by atoms with van der Waals surface area (Å²) >= 11 is 0. The van der Waals surface area contributed by atoms with Gasteiger partial charge in [0.15, 0.2) is 5.58 Å². The SMILES string of the molecule is CC(C)(C)c1cccc2c1nc1oc3ccc(Oc4cccc(-n5[c-][n+](-c6ccccc6)c6ccccc65)c4)cc3n12. The molecular weight excluding hydrogens is 520 g/mol. The van der Waals surface area contributed by atoms with E-state index in [4.69, 9.17) is 14.1 Å². The molecule has 0 N–H and O–H groups in total. The Morgan fingerprint density at radius 1 is 0.738 bits per heavy atom. The van der Waals surface area contributed by atoms with Crippen molar-refractivity contribution in [2.24, 2.45) is 0 Å². The predicted octanol–water partition coefficient (Wildman–Crippen LogP) is 8.34. The molecule has 6 heteroatoms. The van der Waals surface area contributed by atoms with Crippen molar-refractivity contribution in [3.05, 3.63) is 127 Å². The normalized spacial score (nSPS) is 12.2. The number of oxazole rings is 1. The van der Waals surface area contributed by atoms with E-state index in [2.05, 4.69) is 95.2 Å². The van der Waals surface area contributed by atoms with Gasteiger partial charge in [-0.25, -0.2) is 0 Å². The van der Waals surface area contributed by atoms with E-state index < -0.39 is 0 Å². The highest BCUT2D eigenvalue weighted by molar-refractivity contribution is 5.90. The molecule has 3 heterocycles. The van der Waals surface area contributed by atoms with E-state index in [1.54, 1.807) is 0 Å². The quantitative estimate of drug-likeness (QED) is 0.164. The molecule has 0 saturated carbocycles. The summed E-state index contributed by atoms with van der Waals surface area (Å²) in [5.41, 5.74) is 8.98. The highest BCUT2D eigenvalue weighted by Gasteiger charge is 2.22. The van der Waals surface area contributed by atoms with Gasteiger partial charge in [0, 0.05) is 6.07 Å². The lowest BCUT2D eigenvalue weighted by atomic mass is 9.86. The number of nitrogens with zero attached hydrogens (tertiary/aromatic N) is 4. The Morgan fingerprint density at radius 2 is 1.50 bits per heavy atom. The van der Waals surface area contributed by atoms with E-state index in [0.29, 0.717) is 5.84 Å². The lowest BCUT2D eigenvalue weighted by Gasteiger charge is -2.19. The van der Waals surface area contributed by atoms with Crippen LogP contribution in [0.15, 0.2) is 120 Å². The van der Waals surface area contributed by atoms with Crippen LogP contribution in [0.5, 0.6) is 11.5 Å². The van der Waals surface area contributed by atoms with Gasteiger partial charge in [0.2, 0.25) is 0 Å². The van der Waals surface area contributed by atoms with E-state index >= 15 is 0 Å². The topological polar surface area (TPSA) is 48.5 Å². The molecule has 0 unspecified atom stereocenters. The maximum atomic E-state index is 6.43. The summed E-state index contributed by atoms with van der Waals surface area (Å²) in [5.74, 6) is 2.03.